The van der Waals surface area contributed by atoms with Crippen LogP contribution in [-0.2, 0) is 4.74 Å². The van der Waals surface area contributed by atoms with Gasteiger partial charge >= 0.3 is 0 Å². The molecular weight excluding hydrogens is 135 g/mol. The Morgan fingerprint density at radius 2 is 2.00 bits per heavy atom. The Balaban J connectivity index is 3.36. The maximum absolute atomic E-state index is 11.6. The number of hydrogen-bond donors (Lipinski definition) is 1. The summed E-state index contributed by atoms with van der Waals surface area (Å²) in [5, 5.41) is 8.72. The van der Waals surface area contributed by atoms with E-state index in [1.54, 1.807) is 0 Å². The van der Waals surface area contributed by atoms with Crippen LogP contribution < -0.4 is 0 Å². The average Bonchev–Trinajstić information content (AvgIpc) is 1.81. The summed E-state index contributed by atoms with van der Waals surface area (Å²) < 4.78 is 16.7. The van der Waals surface area contributed by atoms with Gasteiger partial charge in [-0.2, -0.15) is 0 Å². The van der Waals surface area contributed by atoms with Gasteiger partial charge < -0.3 is 9.84 Å². The number of hydrogen-bond acceptors (Lipinski definition) is 2. The Morgan fingerprint density at radius 3 is 2.30 bits per heavy atom. The fraction of sp³-hybridized carbons (Fsp3) is 1.00. The number of aliphatic hydroxyl groups is 1. The SMILES string of the molecule is CC(C)(C)OC[C@H](O)CF. The van der Waals surface area contributed by atoms with Crippen molar-refractivity contribution in [1.82, 2.24) is 0 Å². The normalized spacial score (nSPS) is 15.3. The summed E-state index contributed by atoms with van der Waals surface area (Å²) in [4.78, 5) is 0. The van der Waals surface area contributed by atoms with E-state index in [4.69, 9.17) is 9.84 Å². The molecule has 0 fully saturated rings. The Hall–Kier alpha value is -0.150. The standard InChI is InChI=1S/C7H15FO2/c1-7(2,3)10-5-6(9)4-8/h6,9H,4-5H2,1-3H3/t6-/m1/s1. The van der Waals surface area contributed by atoms with Crippen LogP contribution in [-0.4, -0.2) is 30.1 Å². The van der Waals surface area contributed by atoms with Gasteiger partial charge in [0.15, 0.2) is 0 Å². The van der Waals surface area contributed by atoms with E-state index in [0.29, 0.717) is 0 Å². The van der Waals surface area contributed by atoms with Crippen LogP contribution in [0.2, 0.25) is 0 Å². The van der Waals surface area contributed by atoms with Crippen molar-refractivity contribution >= 4 is 0 Å². The molecule has 0 saturated carbocycles. The van der Waals surface area contributed by atoms with Gasteiger partial charge in [0.2, 0.25) is 0 Å². The lowest BCUT2D eigenvalue weighted by atomic mass is 10.2. The number of ether oxygens (including phenoxy) is 1. The van der Waals surface area contributed by atoms with Crippen LogP contribution in [0.3, 0.4) is 0 Å². The monoisotopic (exact) mass is 150 g/mol. The molecule has 0 spiro atoms. The van der Waals surface area contributed by atoms with Crippen molar-refractivity contribution in [3.8, 4) is 0 Å². The Morgan fingerprint density at radius 1 is 1.50 bits per heavy atom. The lowest BCUT2D eigenvalue weighted by Gasteiger charge is -2.20. The highest BCUT2D eigenvalue weighted by Crippen LogP contribution is 2.06. The average molecular weight is 150 g/mol. The molecule has 62 valence electrons. The molecule has 0 saturated heterocycles. The van der Waals surface area contributed by atoms with Crippen LogP contribution in [0.15, 0.2) is 0 Å². The molecule has 0 aliphatic rings. The third kappa shape index (κ3) is 5.98. The minimum absolute atomic E-state index is 0.0694. The van der Waals surface area contributed by atoms with Gasteiger partial charge in [0, 0.05) is 0 Å². The molecular formula is C7H15FO2. The van der Waals surface area contributed by atoms with Crippen LogP contribution in [0, 0.1) is 0 Å². The van der Waals surface area contributed by atoms with E-state index in [-0.39, 0.29) is 12.2 Å². The van der Waals surface area contributed by atoms with E-state index < -0.39 is 12.8 Å². The maximum atomic E-state index is 11.6. The summed E-state index contributed by atoms with van der Waals surface area (Å²) in [6, 6.07) is 0. The zero-order valence-electron chi connectivity index (χ0n) is 6.72. The first kappa shape index (κ1) is 9.85. The molecule has 0 unspecified atom stereocenters. The third-order valence-corrected chi connectivity index (χ3v) is 0.887. The summed E-state index contributed by atoms with van der Waals surface area (Å²) in [5.74, 6) is 0. The largest absolute Gasteiger partial charge is 0.388 e. The van der Waals surface area contributed by atoms with Gasteiger partial charge in [-0.3, -0.25) is 0 Å². The zero-order chi connectivity index (χ0) is 8.20. The third-order valence-electron chi connectivity index (χ3n) is 0.887. The van der Waals surface area contributed by atoms with Crippen molar-refractivity contribution in [3.63, 3.8) is 0 Å². The molecule has 3 heteroatoms. The first-order valence-electron chi connectivity index (χ1n) is 3.33. The van der Waals surface area contributed by atoms with Crippen LogP contribution in [0.4, 0.5) is 4.39 Å². The second-order valence-electron chi connectivity index (χ2n) is 3.23. The minimum Gasteiger partial charge on any atom is -0.388 e. The predicted molar refractivity (Wildman–Crippen MR) is 37.7 cm³/mol. The second-order valence-corrected chi connectivity index (χ2v) is 3.23. The fourth-order valence-electron chi connectivity index (χ4n) is 0.391. The van der Waals surface area contributed by atoms with Crippen molar-refractivity contribution in [1.29, 1.82) is 0 Å². The summed E-state index contributed by atoms with van der Waals surface area (Å²) in [7, 11) is 0. The molecule has 1 atom stereocenters. The van der Waals surface area contributed by atoms with E-state index in [1.165, 1.54) is 0 Å². The molecule has 0 amide bonds. The van der Waals surface area contributed by atoms with Crippen LogP contribution in [0.1, 0.15) is 20.8 Å². The molecule has 0 aromatic heterocycles. The molecule has 0 bridgehead atoms. The van der Waals surface area contributed by atoms with Crippen molar-refractivity contribution in [3.05, 3.63) is 0 Å². The highest BCUT2D eigenvalue weighted by molar-refractivity contribution is 4.61. The first-order chi connectivity index (χ1) is 4.45. The molecule has 2 nitrogen and oxygen atoms in total. The minimum atomic E-state index is -0.973. The van der Waals surface area contributed by atoms with Gasteiger partial charge in [-0.05, 0) is 20.8 Å². The number of halogens is 1. The number of rotatable bonds is 3. The molecule has 0 aliphatic carbocycles. The highest BCUT2D eigenvalue weighted by Gasteiger charge is 2.12. The molecule has 0 heterocycles. The fourth-order valence-corrected chi connectivity index (χ4v) is 0.391. The Kier molecular flexibility index (Phi) is 3.83. The van der Waals surface area contributed by atoms with Gasteiger partial charge in [-0.15, -0.1) is 0 Å². The summed E-state index contributed by atoms with van der Waals surface area (Å²) in [6.45, 7) is 4.91. The quantitative estimate of drug-likeness (QED) is 0.653. The van der Waals surface area contributed by atoms with Crippen LogP contribution in [0.5, 0.6) is 0 Å². The Labute approximate surface area is 61.0 Å². The zero-order valence-corrected chi connectivity index (χ0v) is 6.72. The number of alkyl halides is 1. The highest BCUT2D eigenvalue weighted by atomic mass is 19.1. The molecule has 0 aromatic rings. The first-order valence-corrected chi connectivity index (χ1v) is 3.33. The molecule has 0 aliphatic heterocycles. The van der Waals surface area contributed by atoms with Crippen molar-refractivity contribution in [2.45, 2.75) is 32.5 Å². The summed E-state index contributed by atoms with van der Waals surface area (Å²) in [6.07, 6.45) is -0.973. The van der Waals surface area contributed by atoms with Gasteiger partial charge in [-0.1, -0.05) is 0 Å². The van der Waals surface area contributed by atoms with Crippen LogP contribution >= 0.6 is 0 Å². The van der Waals surface area contributed by atoms with E-state index in [1.807, 2.05) is 20.8 Å². The lowest BCUT2D eigenvalue weighted by molar-refractivity contribution is -0.0536. The summed E-state index contributed by atoms with van der Waals surface area (Å²) in [5.41, 5.74) is -0.295. The molecule has 10 heavy (non-hydrogen) atoms. The predicted octanol–water partition coefficient (Wildman–Crippen LogP) is 1.13. The number of aliphatic hydroxyl groups excluding tert-OH is 1. The lowest BCUT2D eigenvalue weighted by Crippen LogP contribution is -2.27. The van der Waals surface area contributed by atoms with Crippen molar-refractivity contribution < 1.29 is 14.2 Å². The second kappa shape index (κ2) is 3.88. The van der Waals surface area contributed by atoms with Crippen molar-refractivity contribution in [2.24, 2.45) is 0 Å². The molecule has 0 aromatic carbocycles. The van der Waals surface area contributed by atoms with E-state index >= 15 is 0 Å². The topological polar surface area (TPSA) is 29.5 Å². The van der Waals surface area contributed by atoms with Gasteiger partial charge in [0.05, 0.1) is 12.2 Å². The van der Waals surface area contributed by atoms with Gasteiger partial charge in [-0.25, -0.2) is 4.39 Å². The molecule has 0 rings (SSSR count). The smallest absolute Gasteiger partial charge is 0.118 e. The van der Waals surface area contributed by atoms with E-state index in [2.05, 4.69) is 0 Å². The van der Waals surface area contributed by atoms with Crippen LogP contribution in [0.25, 0.3) is 0 Å². The van der Waals surface area contributed by atoms with E-state index in [9.17, 15) is 4.39 Å². The Bertz CT molecular complexity index is 88.1. The maximum Gasteiger partial charge on any atom is 0.118 e. The van der Waals surface area contributed by atoms with E-state index in [0.717, 1.165) is 0 Å². The van der Waals surface area contributed by atoms with Gasteiger partial charge in [0.1, 0.15) is 12.8 Å². The molecule has 1 N–H and O–H groups in total. The van der Waals surface area contributed by atoms with Gasteiger partial charge in [0.25, 0.3) is 0 Å². The molecule has 0 radical (unpaired) electrons. The van der Waals surface area contributed by atoms with Crippen molar-refractivity contribution in [2.75, 3.05) is 13.3 Å². The summed E-state index contributed by atoms with van der Waals surface area (Å²) >= 11 is 0.